The van der Waals surface area contributed by atoms with Gasteiger partial charge in [0.2, 0.25) is 17.7 Å². The van der Waals surface area contributed by atoms with Crippen LogP contribution in [0.15, 0.2) is 140 Å². The molecule has 68 heavy (non-hydrogen) atoms. The molecule has 0 N–H and O–H groups in total. The van der Waals surface area contributed by atoms with Crippen LogP contribution in [0.4, 0.5) is 17.1 Å². The number of carbonyl (C=O) groups excluding carboxylic acids is 3. The van der Waals surface area contributed by atoms with Crippen molar-refractivity contribution in [1.82, 2.24) is 15.0 Å². The summed E-state index contributed by atoms with van der Waals surface area (Å²) in [7, 11) is -5.21. The summed E-state index contributed by atoms with van der Waals surface area (Å²) in [6.07, 6.45) is 25.4. The second-order valence-corrected chi connectivity index (χ2v) is 32.1. The van der Waals surface area contributed by atoms with Gasteiger partial charge >= 0.3 is 0 Å². The summed E-state index contributed by atoms with van der Waals surface area (Å²) in [5, 5.41) is 6.20. The van der Waals surface area contributed by atoms with Crippen molar-refractivity contribution >= 4 is 109 Å². The molecule has 0 radical (unpaired) electrons. The van der Waals surface area contributed by atoms with Gasteiger partial charge < -0.3 is 0 Å². The van der Waals surface area contributed by atoms with Gasteiger partial charge in [0.15, 0.2) is 0 Å². The van der Waals surface area contributed by atoms with Crippen molar-refractivity contribution < 1.29 is 14.4 Å². The van der Waals surface area contributed by atoms with Gasteiger partial charge in [0.25, 0.3) is 0 Å². The topological polar surface area (TPSA) is 99.6 Å². The summed E-state index contributed by atoms with van der Waals surface area (Å²) < 4.78 is 5.79. The molecular formula is C56H62N6O3S3. The SMILES string of the molecule is Cc1cc(N(C(=O)C2CC(C(=O)N(c3cnc4c(ccc5ccccc54)c3)S(C)(C)C)CC(C(=O)N(c3cnc4c(ccc5ccccc54)c3)S(C)(C)C)C2)S(C)(C)C)cnc1-c1ccccc1. The minimum absolute atomic E-state index is 0.0840. The molecule has 2 unspecified atom stereocenters. The highest BCUT2D eigenvalue weighted by Gasteiger charge is 2.46. The van der Waals surface area contributed by atoms with Gasteiger partial charge in [-0.3, -0.25) is 42.3 Å². The molecule has 9 nitrogen and oxygen atoms in total. The lowest BCUT2D eigenvalue weighted by Crippen LogP contribution is -2.48. The van der Waals surface area contributed by atoms with Gasteiger partial charge in [0.05, 0.1) is 52.4 Å². The van der Waals surface area contributed by atoms with Crippen molar-refractivity contribution in [2.75, 3.05) is 69.2 Å². The zero-order valence-electron chi connectivity index (χ0n) is 40.8. The number of nitrogens with zero attached hydrogens (tertiary/aromatic N) is 6. The lowest BCUT2D eigenvalue weighted by Gasteiger charge is -2.47. The van der Waals surface area contributed by atoms with Gasteiger partial charge in [-0.05, 0) is 117 Å². The predicted molar refractivity (Wildman–Crippen MR) is 296 cm³/mol. The van der Waals surface area contributed by atoms with E-state index < -0.39 is 48.4 Å². The maximum atomic E-state index is 15.6. The summed E-state index contributed by atoms with van der Waals surface area (Å²) in [6, 6.07) is 41.0. The van der Waals surface area contributed by atoms with Crippen molar-refractivity contribution in [3.8, 4) is 11.3 Å². The van der Waals surface area contributed by atoms with Crippen LogP contribution >= 0.6 is 30.6 Å². The Morgan fingerprint density at radius 2 is 0.794 bits per heavy atom. The zero-order chi connectivity index (χ0) is 48.3. The molecule has 0 saturated heterocycles. The molecule has 3 aromatic heterocycles. The molecule has 9 rings (SSSR count). The summed E-state index contributed by atoms with van der Waals surface area (Å²) in [5.74, 6) is -2.12. The van der Waals surface area contributed by atoms with E-state index in [0.717, 1.165) is 65.9 Å². The largest absolute Gasteiger partial charge is 0.273 e. The van der Waals surface area contributed by atoms with Crippen LogP contribution in [-0.2, 0) is 14.4 Å². The molecule has 1 fully saturated rings. The molecule has 0 bridgehead atoms. The van der Waals surface area contributed by atoms with E-state index in [4.69, 9.17) is 15.0 Å². The number of fused-ring (bicyclic) bond motifs is 6. The van der Waals surface area contributed by atoms with Crippen LogP contribution in [0.1, 0.15) is 24.8 Å². The molecule has 0 spiro atoms. The normalized spacial score (nSPS) is 17.5. The average molecular weight is 963 g/mol. The molecule has 8 aromatic rings. The van der Waals surface area contributed by atoms with Crippen LogP contribution in [0.5, 0.6) is 0 Å². The van der Waals surface area contributed by atoms with Crippen LogP contribution < -0.4 is 12.9 Å². The quantitative estimate of drug-likeness (QED) is 0.127. The highest BCUT2D eigenvalue weighted by atomic mass is 32.3. The molecule has 5 aromatic carbocycles. The van der Waals surface area contributed by atoms with Crippen LogP contribution in [0.2, 0.25) is 0 Å². The van der Waals surface area contributed by atoms with Crippen LogP contribution in [-0.4, -0.2) is 89.0 Å². The summed E-state index contributed by atoms with van der Waals surface area (Å²) in [5.41, 5.74) is 6.74. The highest BCUT2D eigenvalue weighted by Crippen LogP contribution is 2.52. The van der Waals surface area contributed by atoms with E-state index in [2.05, 4.69) is 123 Å². The van der Waals surface area contributed by atoms with Gasteiger partial charge in [-0.15, -0.1) is 0 Å². The van der Waals surface area contributed by atoms with Crippen LogP contribution in [0, 0.1) is 24.7 Å². The maximum absolute atomic E-state index is 15.6. The monoisotopic (exact) mass is 962 g/mol. The molecular weight excluding hydrogens is 901 g/mol. The van der Waals surface area contributed by atoms with Gasteiger partial charge in [-0.1, -0.05) is 103 Å². The second-order valence-electron chi connectivity index (χ2n) is 20.3. The number of aryl methyl sites for hydroxylation is 1. The van der Waals surface area contributed by atoms with Crippen molar-refractivity contribution in [2.45, 2.75) is 26.2 Å². The van der Waals surface area contributed by atoms with E-state index in [0.29, 0.717) is 30.6 Å². The Morgan fingerprint density at radius 1 is 0.441 bits per heavy atom. The van der Waals surface area contributed by atoms with E-state index in [1.54, 1.807) is 6.20 Å². The third-order valence-corrected chi connectivity index (χ3v) is 17.4. The minimum Gasteiger partial charge on any atom is -0.273 e. The fraction of sp³-hybridized carbons (Fsp3) is 0.286. The number of hydrogen-bond acceptors (Lipinski definition) is 6. The number of aromatic nitrogens is 3. The maximum Gasteiger partial charge on any atom is 0.238 e. The lowest BCUT2D eigenvalue weighted by molar-refractivity contribution is -0.130. The lowest BCUT2D eigenvalue weighted by atomic mass is 9.73. The number of benzene rings is 5. The average Bonchev–Trinajstić information content (AvgIpc) is 3.30. The predicted octanol–water partition coefficient (Wildman–Crippen LogP) is 12.7. The molecule has 0 aliphatic heterocycles. The van der Waals surface area contributed by atoms with E-state index >= 15 is 14.4 Å². The summed E-state index contributed by atoms with van der Waals surface area (Å²) in [6.45, 7) is 2.03. The van der Waals surface area contributed by atoms with Crippen LogP contribution in [0.3, 0.4) is 0 Å². The van der Waals surface area contributed by atoms with Gasteiger partial charge in [0, 0.05) is 44.9 Å². The Kier molecular flexibility index (Phi) is 12.6. The fourth-order valence-electron chi connectivity index (χ4n) is 10.1. The van der Waals surface area contributed by atoms with Gasteiger partial charge in [-0.2, -0.15) is 30.6 Å². The number of rotatable bonds is 10. The third kappa shape index (κ3) is 9.18. The number of carbonyl (C=O) groups is 3. The smallest absolute Gasteiger partial charge is 0.238 e. The molecule has 352 valence electrons. The first-order valence-corrected chi connectivity index (χ1v) is 31.4. The number of hydrogen-bond donors (Lipinski definition) is 0. The van der Waals surface area contributed by atoms with E-state index in [-0.39, 0.29) is 17.7 Å². The van der Waals surface area contributed by atoms with Gasteiger partial charge in [0.1, 0.15) is 0 Å². The fourth-order valence-corrected chi connectivity index (χ4v) is 14.3. The third-order valence-electron chi connectivity index (χ3n) is 12.9. The Morgan fingerprint density at radius 3 is 1.19 bits per heavy atom. The Bertz CT molecular complexity index is 3100. The second kappa shape index (κ2) is 18.2. The minimum atomic E-state index is -1.74. The van der Waals surface area contributed by atoms with Crippen molar-refractivity contribution in [2.24, 2.45) is 17.8 Å². The molecule has 3 amide bonds. The first kappa shape index (κ1) is 47.1. The molecule has 1 aliphatic carbocycles. The number of pyridine rings is 3. The van der Waals surface area contributed by atoms with E-state index in [1.807, 2.05) is 86.8 Å². The molecule has 3 heterocycles. The standard InChI is InChI=1S/C56H62N6O3S3/c1-37-28-46(34-57-51(37)40-20-12-11-13-21-40)60(66(2,3)4)54(63)43-29-44(55(64)61(67(5,6)7)47-32-41-26-24-38-18-14-16-22-49(38)52(41)58-35-47)31-45(30-43)56(65)62(68(8,9)10)48-33-42-27-25-39-19-15-17-23-50(39)53(42)59-36-48/h11-28,32-36,43-45H,29-31H2,1-10H3. The number of amides is 3. The Labute approximate surface area is 405 Å². The van der Waals surface area contributed by atoms with Crippen molar-refractivity contribution in [3.63, 3.8) is 0 Å². The first-order valence-electron chi connectivity index (χ1n) is 22.9. The molecule has 12 heteroatoms. The van der Waals surface area contributed by atoms with Gasteiger partial charge in [-0.25, -0.2) is 0 Å². The van der Waals surface area contributed by atoms with Crippen molar-refractivity contribution in [1.29, 1.82) is 0 Å². The molecule has 2 atom stereocenters. The highest BCUT2D eigenvalue weighted by molar-refractivity contribution is 8.34. The first-order chi connectivity index (χ1) is 32.3. The van der Waals surface area contributed by atoms with E-state index in [1.165, 1.54) is 0 Å². The Balaban J connectivity index is 1.12. The Hall–Kier alpha value is -5.95. The summed E-state index contributed by atoms with van der Waals surface area (Å²) in [4.78, 5) is 61.8. The van der Waals surface area contributed by atoms with Crippen LogP contribution in [0.25, 0.3) is 54.6 Å². The summed E-state index contributed by atoms with van der Waals surface area (Å²) >= 11 is 0. The zero-order valence-corrected chi connectivity index (χ0v) is 43.2. The van der Waals surface area contributed by atoms with Crippen molar-refractivity contribution in [3.05, 3.63) is 145 Å². The molecule has 1 aliphatic rings. The molecule has 1 saturated carbocycles. The van der Waals surface area contributed by atoms with E-state index in [9.17, 15) is 0 Å². The number of anilines is 3.